The Morgan fingerprint density at radius 2 is 1.29 bits per heavy atom. The Balaban J connectivity index is 5.33. The smallest absolute Gasteiger partial charge is 0.390 e. The van der Waals surface area contributed by atoms with E-state index in [2.05, 4.69) is 0 Å². The van der Waals surface area contributed by atoms with Crippen LogP contribution >= 0.6 is 0 Å². The van der Waals surface area contributed by atoms with Gasteiger partial charge in [0.15, 0.2) is 0 Å². The van der Waals surface area contributed by atoms with Crippen LogP contribution in [0.4, 0.5) is 35.1 Å². The average molecular weight is 232 g/mol. The molecule has 0 spiro atoms. The van der Waals surface area contributed by atoms with Gasteiger partial charge in [0, 0.05) is 0 Å². The molecule has 0 aliphatic carbocycles. The van der Waals surface area contributed by atoms with Crippen molar-refractivity contribution in [3.63, 3.8) is 0 Å². The van der Waals surface area contributed by atoms with Gasteiger partial charge in [-0.25, -0.2) is 13.2 Å². The van der Waals surface area contributed by atoms with Gasteiger partial charge >= 0.3 is 17.8 Å². The minimum atomic E-state index is -6.46. The molecule has 0 radical (unpaired) electrons. The molecular weight excluding hydrogens is 228 g/mol. The van der Waals surface area contributed by atoms with Crippen molar-refractivity contribution in [1.82, 2.24) is 0 Å². The second kappa shape index (κ2) is 3.52. The van der Waals surface area contributed by atoms with Gasteiger partial charge in [-0.2, -0.15) is 22.0 Å². The fraction of sp³-hybridized carbons (Fsp3) is 1.00. The summed E-state index contributed by atoms with van der Waals surface area (Å²) in [6.07, 6.45) is -11.4. The van der Waals surface area contributed by atoms with Gasteiger partial charge in [-0.1, -0.05) is 0 Å². The van der Waals surface area contributed by atoms with Crippen LogP contribution in [0.1, 0.15) is 0 Å². The van der Waals surface area contributed by atoms with Crippen LogP contribution in [0.15, 0.2) is 0 Å². The molecule has 0 aliphatic rings. The summed E-state index contributed by atoms with van der Waals surface area (Å²) < 4.78 is 94.6. The molecule has 0 fully saturated rings. The first kappa shape index (κ1) is 13.4. The van der Waals surface area contributed by atoms with Gasteiger partial charge < -0.3 is 5.11 Å². The molecule has 0 aromatic rings. The lowest BCUT2D eigenvalue weighted by molar-refractivity contribution is -0.341. The number of rotatable bonds is 3. The molecule has 14 heavy (non-hydrogen) atoms. The van der Waals surface area contributed by atoms with Crippen LogP contribution in [0, 0.1) is 0 Å². The molecule has 9 heteroatoms. The number of alkyl halides is 8. The zero-order valence-corrected chi connectivity index (χ0v) is 6.26. The second-order valence-electron chi connectivity index (χ2n) is 2.37. The molecule has 0 aromatic heterocycles. The normalized spacial score (nSPS) is 18.4. The highest BCUT2D eigenvalue weighted by molar-refractivity contribution is 5.01. The van der Waals surface area contributed by atoms with Crippen molar-refractivity contribution in [1.29, 1.82) is 0 Å². The van der Waals surface area contributed by atoms with Crippen LogP contribution in [-0.4, -0.2) is 35.9 Å². The largest absolute Gasteiger partial charge is 0.434 e. The lowest BCUT2D eigenvalue weighted by Crippen LogP contribution is -2.61. The van der Waals surface area contributed by atoms with E-state index in [9.17, 15) is 35.1 Å². The maximum Gasteiger partial charge on any atom is 0.434 e. The molecule has 86 valence electrons. The molecule has 0 amide bonds. The Hall–Kier alpha value is -0.600. The summed E-state index contributed by atoms with van der Waals surface area (Å²) in [7, 11) is 0. The lowest BCUT2D eigenvalue weighted by Gasteiger charge is -2.32. The highest BCUT2D eigenvalue weighted by atomic mass is 19.4. The number of halogens is 8. The quantitative estimate of drug-likeness (QED) is 0.739. The van der Waals surface area contributed by atoms with Gasteiger partial charge in [0.1, 0.15) is 6.61 Å². The Morgan fingerprint density at radius 3 is 1.36 bits per heavy atom. The summed E-state index contributed by atoms with van der Waals surface area (Å²) in [6.45, 7) is -2.66. The fourth-order valence-electron chi connectivity index (χ4n) is 0.606. The van der Waals surface area contributed by atoms with E-state index in [0.29, 0.717) is 0 Å². The van der Waals surface area contributed by atoms with Crippen LogP contribution in [-0.2, 0) is 0 Å². The maximum atomic E-state index is 12.4. The molecule has 1 N–H and O–H groups in total. The van der Waals surface area contributed by atoms with E-state index in [0.717, 1.165) is 0 Å². The SMILES string of the molecule is OCC(F)(F)C(F)(C(F)F)C(F)(F)F. The monoisotopic (exact) mass is 232 g/mol. The van der Waals surface area contributed by atoms with E-state index in [-0.39, 0.29) is 0 Å². The van der Waals surface area contributed by atoms with Crippen LogP contribution in [0.2, 0.25) is 0 Å². The van der Waals surface area contributed by atoms with E-state index < -0.39 is 30.8 Å². The zero-order chi connectivity index (χ0) is 11.8. The predicted molar refractivity (Wildman–Crippen MR) is 27.9 cm³/mol. The summed E-state index contributed by atoms with van der Waals surface area (Å²) in [4.78, 5) is 0. The van der Waals surface area contributed by atoms with Crippen LogP contribution in [0.3, 0.4) is 0 Å². The number of hydrogen-bond donors (Lipinski definition) is 1. The van der Waals surface area contributed by atoms with Crippen molar-refractivity contribution in [3.05, 3.63) is 0 Å². The Kier molecular flexibility index (Phi) is 3.37. The van der Waals surface area contributed by atoms with Gasteiger partial charge in [0.2, 0.25) is 0 Å². The van der Waals surface area contributed by atoms with Crippen molar-refractivity contribution >= 4 is 0 Å². The molecule has 0 saturated heterocycles. The summed E-state index contributed by atoms with van der Waals surface area (Å²) >= 11 is 0. The van der Waals surface area contributed by atoms with Crippen molar-refractivity contribution in [3.8, 4) is 0 Å². The van der Waals surface area contributed by atoms with Crippen LogP contribution in [0.25, 0.3) is 0 Å². The maximum absolute atomic E-state index is 12.4. The Bertz CT molecular complexity index is 198. The first-order valence-corrected chi connectivity index (χ1v) is 3.03. The van der Waals surface area contributed by atoms with Gasteiger partial charge in [-0.05, 0) is 0 Å². The van der Waals surface area contributed by atoms with Gasteiger partial charge in [0.25, 0.3) is 6.43 Å². The third-order valence-corrected chi connectivity index (χ3v) is 1.44. The first-order chi connectivity index (χ1) is 6.00. The molecular formula is C5H4F8O. The molecule has 0 aromatic carbocycles. The lowest BCUT2D eigenvalue weighted by atomic mass is 9.98. The number of hydrogen-bond acceptors (Lipinski definition) is 1. The average Bonchev–Trinajstić information content (AvgIpc) is 2.00. The van der Waals surface area contributed by atoms with Gasteiger partial charge in [-0.15, -0.1) is 0 Å². The zero-order valence-electron chi connectivity index (χ0n) is 6.26. The molecule has 0 heterocycles. The topological polar surface area (TPSA) is 20.2 Å². The van der Waals surface area contributed by atoms with E-state index >= 15 is 0 Å². The van der Waals surface area contributed by atoms with Crippen molar-refractivity contribution < 1.29 is 40.2 Å². The third kappa shape index (κ3) is 1.77. The summed E-state index contributed by atoms with van der Waals surface area (Å²) in [5.41, 5.74) is -6.03. The highest BCUT2D eigenvalue weighted by Crippen LogP contribution is 2.48. The first-order valence-electron chi connectivity index (χ1n) is 3.03. The van der Waals surface area contributed by atoms with Crippen molar-refractivity contribution in [2.75, 3.05) is 6.61 Å². The standard InChI is InChI=1S/C5H4F8O/c6-2(7)4(10,5(11,12)13)3(8,9)1-14/h2,14H,1H2. The Morgan fingerprint density at radius 1 is 0.929 bits per heavy atom. The summed E-state index contributed by atoms with van der Waals surface area (Å²) in [6, 6.07) is 0. The molecule has 1 unspecified atom stereocenters. The highest BCUT2D eigenvalue weighted by Gasteiger charge is 2.76. The number of aliphatic hydroxyl groups excluding tert-OH is 1. The van der Waals surface area contributed by atoms with Gasteiger partial charge in [-0.3, -0.25) is 0 Å². The predicted octanol–water partition coefficient (Wildman–Crippen LogP) is 2.15. The minimum Gasteiger partial charge on any atom is -0.390 e. The van der Waals surface area contributed by atoms with Crippen LogP contribution < -0.4 is 0 Å². The van der Waals surface area contributed by atoms with E-state index in [1.54, 1.807) is 0 Å². The second-order valence-corrected chi connectivity index (χ2v) is 2.37. The van der Waals surface area contributed by atoms with E-state index in [1.807, 2.05) is 0 Å². The van der Waals surface area contributed by atoms with Gasteiger partial charge in [0.05, 0.1) is 0 Å². The summed E-state index contributed by atoms with van der Waals surface area (Å²) in [5, 5.41) is 7.72. The van der Waals surface area contributed by atoms with Crippen molar-refractivity contribution in [2.45, 2.75) is 24.2 Å². The number of aliphatic hydroxyl groups is 1. The third-order valence-electron chi connectivity index (χ3n) is 1.44. The van der Waals surface area contributed by atoms with E-state index in [1.165, 1.54) is 0 Å². The fourth-order valence-corrected chi connectivity index (χ4v) is 0.606. The van der Waals surface area contributed by atoms with Crippen LogP contribution in [0.5, 0.6) is 0 Å². The van der Waals surface area contributed by atoms with Crippen molar-refractivity contribution in [2.24, 2.45) is 0 Å². The minimum absolute atomic E-state index is 2.66. The molecule has 0 rings (SSSR count). The molecule has 0 bridgehead atoms. The molecule has 0 aliphatic heterocycles. The summed E-state index contributed by atoms with van der Waals surface area (Å²) in [5.74, 6) is -5.58. The van der Waals surface area contributed by atoms with E-state index in [4.69, 9.17) is 5.11 Å². The molecule has 1 atom stereocenters. The Labute approximate surface area is 72.3 Å². The molecule has 1 nitrogen and oxygen atoms in total. The molecule has 0 saturated carbocycles.